The molecule has 0 bridgehead atoms. The Morgan fingerprint density at radius 1 is 0.840 bits per heavy atom. The number of nitrogens with one attached hydrogen (secondary N) is 3. The number of benzene rings is 4. The van der Waals surface area contributed by atoms with Gasteiger partial charge in [-0.15, -0.1) is 23.1 Å². The second kappa shape index (κ2) is 16.6. The summed E-state index contributed by atoms with van der Waals surface area (Å²) in [5.41, 5.74) is 4.46. The van der Waals surface area contributed by atoms with Gasteiger partial charge in [0.1, 0.15) is 22.0 Å². The fourth-order valence-corrected chi connectivity index (χ4v) is 6.74. The van der Waals surface area contributed by atoms with E-state index in [2.05, 4.69) is 16.0 Å². The number of amides is 3. The van der Waals surface area contributed by atoms with Gasteiger partial charge in [-0.2, -0.15) is 0 Å². The van der Waals surface area contributed by atoms with E-state index in [4.69, 9.17) is 9.47 Å². The summed E-state index contributed by atoms with van der Waals surface area (Å²) in [5.74, 6) is -1.23. The predicted octanol–water partition coefficient (Wildman–Crippen LogP) is 8.05. The van der Waals surface area contributed by atoms with Gasteiger partial charge in [-0.25, -0.2) is 4.79 Å². The van der Waals surface area contributed by atoms with E-state index >= 15 is 0 Å². The predicted molar refractivity (Wildman–Crippen MR) is 200 cm³/mol. The van der Waals surface area contributed by atoms with Crippen molar-refractivity contribution in [3.63, 3.8) is 0 Å². The van der Waals surface area contributed by atoms with E-state index in [1.54, 1.807) is 92.9 Å². The number of hydrogen-bond acceptors (Lipinski definition) is 8. The number of aryl methyl sites for hydroxylation is 1. The van der Waals surface area contributed by atoms with Crippen LogP contribution >= 0.6 is 23.1 Å². The Morgan fingerprint density at radius 3 is 2.30 bits per heavy atom. The standard InChI is InChI=1S/C39H35N3O6S2/c1-24-16-18-27(19-17-24)32-23-49-38(34(32)39(46)48-4)42-35(43)25(2)50-31-15-9-13-29(22-31)40-37(45)33(21-26-10-8-14-30(20-26)47-3)41-36(44)28-11-6-5-7-12-28/h5-23,25H,1-4H3,(H,40,45)(H,41,44)(H,42,43)/b33-21-. The van der Waals surface area contributed by atoms with Gasteiger partial charge in [0.05, 0.1) is 19.5 Å². The number of rotatable bonds is 12. The SMILES string of the molecule is COC(=O)c1c(-c2ccc(C)cc2)csc1NC(=O)C(C)Sc1cccc(NC(=O)/C(=C/c2cccc(OC)c2)NC(=O)c2ccccc2)c1. The largest absolute Gasteiger partial charge is 0.497 e. The van der Waals surface area contributed by atoms with Gasteiger partial charge in [-0.1, -0.05) is 66.2 Å². The van der Waals surface area contributed by atoms with Crippen molar-refractivity contribution < 1.29 is 28.7 Å². The molecule has 3 amide bonds. The second-order valence-electron chi connectivity index (χ2n) is 11.1. The quantitative estimate of drug-likeness (QED) is 0.0682. The molecule has 1 aromatic heterocycles. The topological polar surface area (TPSA) is 123 Å². The first-order valence-corrected chi connectivity index (χ1v) is 17.3. The zero-order valence-corrected chi connectivity index (χ0v) is 29.4. The molecular formula is C39H35N3O6S2. The maximum atomic E-state index is 13.6. The number of hydrogen-bond donors (Lipinski definition) is 3. The highest BCUT2D eigenvalue weighted by atomic mass is 32.2. The molecule has 0 aliphatic carbocycles. The summed E-state index contributed by atoms with van der Waals surface area (Å²) < 4.78 is 10.4. The lowest BCUT2D eigenvalue weighted by molar-refractivity contribution is -0.115. The summed E-state index contributed by atoms with van der Waals surface area (Å²) in [7, 11) is 2.86. The van der Waals surface area contributed by atoms with Crippen LogP contribution in [0.25, 0.3) is 17.2 Å². The van der Waals surface area contributed by atoms with Gasteiger partial charge < -0.3 is 25.4 Å². The maximum absolute atomic E-state index is 13.6. The lowest BCUT2D eigenvalue weighted by atomic mass is 10.0. The number of thiophene rings is 1. The van der Waals surface area contributed by atoms with Crippen molar-refractivity contribution in [2.24, 2.45) is 0 Å². The van der Waals surface area contributed by atoms with Crippen LogP contribution in [0, 0.1) is 6.92 Å². The maximum Gasteiger partial charge on any atom is 0.341 e. The Bertz CT molecular complexity index is 2040. The molecule has 50 heavy (non-hydrogen) atoms. The average Bonchev–Trinajstić information content (AvgIpc) is 3.55. The highest BCUT2D eigenvalue weighted by molar-refractivity contribution is 8.00. The Kier molecular flexibility index (Phi) is 11.9. The minimum absolute atomic E-state index is 0.0280. The highest BCUT2D eigenvalue weighted by Gasteiger charge is 2.24. The number of carbonyl (C=O) groups excluding carboxylic acids is 4. The van der Waals surface area contributed by atoms with Crippen LogP contribution in [0.2, 0.25) is 0 Å². The van der Waals surface area contributed by atoms with Crippen LogP contribution in [0.5, 0.6) is 5.75 Å². The molecular weight excluding hydrogens is 671 g/mol. The van der Waals surface area contributed by atoms with E-state index in [1.807, 2.05) is 42.6 Å². The van der Waals surface area contributed by atoms with Crippen molar-refractivity contribution in [2.75, 3.05) is 24.9 Å². The summed E-state index contributed by atoms with van der Waals surface area (Å²) in [6.45, 7) is 3.74. The van der Waals surface area contributed by atoms with Crippen molar-refractivity contribution in [3.05, 3.63) is 136 Å². The fraction of sp³-hybridized carbons (Fsp3) is 0.128. The van der Waals surface area contributed by atoms with E-state index in [0.29, 0.717) is 38.7 Å². The average molecular weight is 706 g/mol. The molecule has 5 aromatic rings. The third-order valence-corrected chi connectivity index (χ3v) is 9.48. The number of esters is 1. The monoisotopic (exact) mass is 705 g/mol. The van der Waals surface area contributed by atoms with Crippen molar-refractivity contribution in [2.45, 2.75) is 24.0 Å². The first kappa shape index (κ1) is 35.7. The number of methoxy groups -OCH3 is 2. The summed E-state index contributed by atoms with van der Waals surface area (Å²) >= 11 is 2.54. The molecule has 4 aromatic carbocycles. The smallest absolute Gasteiger partial charge is 0.341 e. The first-order valence-electron chi connectivity index (χ1n) is 15.5. The molecule has 254 valence electrons. The number of anilines is 2. The van der Waals surface area contributed by atoms with Gasteiger partial charge in [0.2, 0.25) is 5.91 Å². The molecule has 0 radical (unpaired) electrons. The first-order chi connectivity index (χ1) is 24.1. The molecule has 9 nitrogen and oxygen atoms in total. The van der Waals surface area contributed by atoms with Crippen molar-refractivity contribution in [1.29, 1.82) is 0 Å². The fourth-order valence-electron chi connectivity index (χ4n) is 4.86. The molecule has 11 heteroatoms. The molecule has 0 aliphatic heterocycles. The molecule has 0 saturated heterocycles. The van der Waals surface area contributed by atoms with E-state index in [9.17, 15) is 19.2 Å². The summed E-state index contributed by atoms with van der Waals surface area (Å²) in [5, 5.41) is 10.2. The van der Waals surface area contributed by atoms with Crippen molar-refractivity contribution >= 4 is 63.6 Å². The molecule has 0 saturated carbocycles. The van der Waals surface area contributed by atoms with Crippen molar-refractivity contribution in [3.8, 4) is 16.9 Å². The van der Waals surface area contributed by atoms with Gasteiger partial charge >= 0.3 is 5.97 Å². The molecule has 0 aliphatic rings. The molecule has 0 fully saturated rings. The molecule has 0 spiro atoms. The van der Waals surface area contributed by atoms with Crippen LogP contribution in [-0.2, 0) is 14.3 Å². The summed E-state index contributed by atoms with van der Waals surface area (Å²) in [4.78, 5) is 53.5. The minimum Gasteiger partial charge on any atom is -0.497 e. The number of thioether (sulfide) groups is 1. The number of carbonyl (C=O) groups is 4. The van der Waals surface area contributed by atoms with Crippen LogP contribution in [0.4, 0.5) is 10.7 Å². The molecule has 1 unspecified atom stereocenters. The van der Waals surface area contributed by atoms with E-state index in [0.717, 1.165) is 16.0 Å². The Labute approximate surface area is 298 Å². The van der Waals surface area contributed by atoms with Gasteiger partial charge in [0.15, 0.2) is 0 Å². The number of ether oxygens (including phenoxy) is 2. The molecule has 5 rings (SSSR count). The summed E-state index contributed by atoms with van der Waals surface area (Å²) in [6, 6.07) is 30.5. The van der Waals surface area contributed by atoms with Gasteiger partial charge in [0.25, 0.3) is 11.8 Å². The van der Waals surface area contributed by atoms with E-state index in [1.165, 1.54) is 30.2 Å². The molecule has 1 heterocycles. The Balaban J connectivity index is 1.30. The second-order valence-corrected chi connectivity index (χ2v) is 13.4. The van der Waals surface area contributed by atoms with E-state index < -0.39 is 23.0 Å². The summed E-state index contributed by atoms with van der Waals surface area (Å²) in [6.07, 6.45) is 1.57. The van der Waals surface area contributed by atoms with Crippen molar-refractivity contribution in [1.82, 2.24) is 5.32 Å². The van der Waals surface area contributed by atoms with Crippen LogP contribution in [-0.4, -0.2) is 43.2 Å². The van der Waals surface area contributed by atoms with E-state index in [-0.39, 0.29) is 11.6 Å². The lowest BCUT2D eigenvalue weighted by Crippen LogP contribution is -2.30. The van der Waals surface area contributed by atoms with Crippen LogP contribution in [0.15, 0.2) is 119 Å². The van der Waals surface area contributed by atoms with Crippen LogP contribution < -0.4 is 20.7 Å². The van der Waals surface area contributed by atoms with Crippen LogP contribution in [0.3, 0.4) is 0 Å². The lowest BCUT2D eigenvalue weighted by Gasteiger charge is -2.14. The normalized spacial score (nSPS) is 11.6. The molecule has 1 atom stereocenters. The molecule has 3 N–H and O–H groups in total. The Hall–Kier alpha value is -5.65. The van der Waals surface area contributed by atoms with Gasteiger partial charge in [-0.05, 0) is 73.5 Å². The third-order valence-electron chi connectivity index (χ3n) is 7.49. The zero-order chi connectivity index (χ0) is 35.6. The van der Waals surface area contributed by atoms with Crippen LogP contribution in [0.1, 0.15) is 38.8 Å². The Morgan fingerprint density at radius 2 is 1.58 bits per heavy atom. The third kappa shape index (κ3) is 9.07. The minimum atomic E-state index is -0.565. The van der Waals surface area contributed by atoms with Gasteiger partial charge in [0, 0.05) is 27.1 Å². The van der Waals surface area contributed by atoms with Gasteiger partial charge in [-0.3, -0.25) is 14.4 Å². The highest BCUT2D eigenvalue weighted by Crippen LogP contribution is 2.37. The zero-order valence-electron chi connectivity index (χ0n) is 27.8.